The van der Waals surface area contributed by atoms with E-state index < -0.39 is 0 Å². The molecule has 0 aliphatic rings. The molecule has 1 heterocycles. The highest BCUT2D eigenvalue weighted by atomic mass is 16.5. The van der Waals surface area contributed by atoms with Gasteiger partial charge >= 0.3 is 0 Å². The summed E-state index contributed by atoms with van der Waals surface area (Å²) in [6.45, 7) is 1.15. The van der Waals surface area contributed by atoms with Crippen LogP contribution in [0.5, 0.6) is 11.5 Å². The Bertz CT molecular complexity index is 1570. The van der Waals surface area contributed by atoms with Gasteiger partial charge in [0.05, 0.1) is 0 Å². The lowest BCUT2D eigenvalue weighted by molar-refractivity contribution is 0.0946. The quantitative estimate of drug-likeness (QED) is 0.193. The summed E-state index contributed by atoms with van der Waals surface area (Å²) in [7, 11) is 0. The number of aromatic nitrogens is 1. The number of nitrogens with two attached hydrogens (primary N) is 2. The molecule has 0 radical (unpaired) electrons. The van der Waals surface area contributed by atoms with Crippen LogP contribution < -0.4 is 21.5 Å². The highest BCUT2D eigenvalue weighted by Crippen LogP contribution is 2.31. The molecule has 7 nitrogen and oxygen atoms in total. The van der Waals surface area contributed by atoms with Crippen LogP contribution in [0, 0.1) is 5.41 Å². The third-order valence-electron chi connectivity index (χ3n) is 6.11. The van der Waals surface area contributed by atoms with Crippen LogP contribution in [-0.4, -0.2) is 29.4 Å². The van der Waals surface area contributed by atoms with Gasteiger partial charge in [-0.1, -0.05) is 54.6 Å². The Morgan fingerprint density at radius 1 is 0.889 bits per heavy atom. The summed E-state index contributed by atoms with van der Waals surface area (Å²) in [5, 5.41) is 13.8. The third kappa shape index (κ3) is 4.64. The van der Waals surface area contributed by atoms with Gasteiger partial charge in [0, 0.05) is 36.1 Å². The van der Waals surface area contributed by atoms with Gasteiger partial charge in [0.2, 0.25) is 0 Å². The van der Waals surface area contributed by atoms with Gasteiger partial charge in [-0.15, -0.1) is 0 Å². The van der Waals surface area contributed by atoms with Crippen molar-refractivity contribution in [3.63, 3.8) is 0 Å². The Balaban J connectivity index is 1.65. The van der Waals surface area contributed by atoms with E-state index in [0.29, 0.717) is 36.6 Å². The molecule has 5 rings (SSSR count). The van der Waals surface area contributed by atoms with Crippen molar-refractivity contribution in [2.45, 2.75) is 6.54 Å². The normalized spacial score (nSPS) is 11.0. The molecule has 0 fully saturated rings. The molecular formula is C29H27N5O2. The first kappa shape index (κ1) is 23.1. The standard InChI is InChI=1S/C29H27N5O2/c30-12-13-33-29(35)27-16-20-10-11-21(28(31)32)17-26(20)34(27)18-22-15-24(36-23-7-2-1-3-8-23)14-19-6-4-5-9-25(19)22/h1-11,14-17H,12-13,18,30H2,(H3,31,32)(H,33,35). The van der Waals surface area contributed by atoms with Gasteiger partial charge in [-0.05, 0) is 52.7 Å². The zero-order chi connectivity index (χ0) is 25.1. The lowest BCUT2D eigenvalue weighted by atomic mass is 10.0. The van der Waals surface area contributed by atoms with E-state index in [0.717, 1.165) is 33.0 Å². The average Bonchev–Trinajstić information content (AvgIpc) is 3.25. The molecule has 0 unspecified atom stereocenters. The second kappa shape index (κ2) is 9.93. The van der Waals surface area contributed by atoms with E-state index in [2.05, 4.69) is 11.4 Å². The van der Waals surface area contributed by atoms with Gasteiger partial charge in [0.15, 0.2) is 0 Å². The van der Waals surface area contributed by atoms with E-state index in [1.54, 1.807) is 6.07 Å². The van der Waals surface area contributed by atoms with Crippen molar-refractivity contribution in [2.24, 2.45) is 11.5 Å². The van der Waals surface area contributed by atoms with Crippen LogP contribution in [0.15, 0.2) is 91.0 Å². The second-order valence-electron chi connectivity index (χ2n) is 8.57. The van der Waals surface area contributed by atoms with Crippen molar-refractivity contribution < 1.29 is 9.53 Å². The number of hydrogen-bond acceptors (Lipinski definition) is 4. The minimum atomic E-state index is -0.206. The number of para-hydroxylation sites is 1. The topological polar surface area (TPSA) is 119 Å². The molecule has 0 bridgehead atoms. The molecule has 1 amide bonds. The average molecular weight is 478 g/mol. The summed E-state index contributed by atoms with van der Waals surface area (Å²) in [6, 6.07) is 29.2. The SMILES string of the molecule is N=C(N)c1ccc2cc(C(=O)NCCN)n(Cc3cc(Oc4ccccc4)cc4ccccc34)c2c1. The number of amidine groups is 1. The first-order chi connectivity index (χ1) is 17.5. The minimum absolute atomic E-state index is 0.0255. The van der Waals surface area contributed by atoms with Gasteiger partial charge < -0.3 is 26.1 Å². The number of fused-ring (bicyclic) bond motifs is 2. The number of carbonyl (C=O) groups excluding carboxylic acids is 1. The Morgan fingerprint density at radius 2 is 1.67 bits per heavy atom. The number of rotatable bonds is 8. The molecule has 0 spiro atoms. The van der Waals surface area contributed by atoms with E-state index in [1.165, 1.54) is 0 Å². The zero-order valence-electron chi connectivity index (χ0n) is 19.7. The Hall–Kier alpha value is -4.62. The fourth-order valence-corrected chi connectivity index (χ4v) is 4.40. The summed E-state index contributed by atoms with van der Waals surface area (Å²) in [6.07, 6.45) is 0. The van der Waals surface area contributed by atoms with E-state index in [4.69, 9.17) is 21.6 Å². The number of nitrogens with one attached hydrogen (secondary N) is 2. The molecular weight excluding hydrogens is 450 g/mol. The number of nitrogen functional groups attached to an aromatic ring is 1. The fourth-order valence-electron chi connectivity index (χ4n) is 4.40. The van der Waals surface area contributed by atoms with Crippen molar-refractivity contribution in [3.8, 4) is 11.5 Å². The maximum Gasteiger partial charge on any atom is 0.267 e. The number of ether oxygens (including phenoxy) is 1. The molecule has 1 aromatic heterocycles. The number of carbonyl (C=O) groups is 1. The molecule has 0 saturated carbocycles. The summed E-state index contributed by atoms with van der Waals surface area (Å²) in [5.74, 6) is 1.23. The van der Waals surface area contributed by atoms with Crippen molar-refractivity contribution in [2.75, 3.05) is 13.1 Å². The summed E-state index contributed by atoms with van der Waals surface area (Å²) < 4.78 is 8.13. The van der Waals surface area contributed by atoms with Crippen LogP contribution in [0.4, 0.5) is 0 Å². The van der Waals surface area contributed by atoms with Gasteiger partial charge in [0.25, 0.3) is 5.91 Å². The Kier molecular flexibility index (Phi) is 6.38. The Labute approximate surface area is 208 Å². The van der Waals surface area contributed by atoms with Crippen LogP contribution in [0.2, 0.25) is 0 Å². The number of nitrogens with zero attached hydrogens (tertiary/aromatic N) is 1. The van der Waals surface area contributed by atoms with Gasteiger partial charge in [-0.3, -0.25) is 10.2 Å². The molecule has 0 aliphatic heterocycles. The number of amides is 1. The van der Waals surface area contributed by atoms with Crippen LogP contribution in [0.3, 0.4) is 0 Å². The third-order valence-corrected chi connectivity index (χ3v) is 6.11. The van der Waals surface area contributed by atoms with E-state index in [1.807, 2.05) is 83.4 Å². The predicted octanol–water partition coefficient (Wildman–Crippen LogP) is 4.61. The molecule has 180 valence electrons. The smallest absolute Gasteiger partial charge is 0.267 e. The fraction of sp³-hybridized carbons (Fsp3) is 0.103. The van der Waals surface area contributed by atoms with Crippen molar-refractivity contribution in [1.29, 1.82) is 5.41 Å². The summed E-state index contributed by atoms with van der Waals surface area (Å²) in [4.78, 5) is 13.1. The molecule has 4 aromatic carbocycles. The van der Waals surface area contributed by atoms with E-state index >= 15 is 0 Å². The van der Waals surface area contributed by atoms with Crippen LogP contribution in [0.25, 0.3) is 21.7 Å². The van der Waals surface area contributed by atoms with Gasteiger partial charge in [-0.2, -0.15) is 0 Å². The maximum absolute atomic E-state index is 13.1. The van der Waals surface area contributed by atoms with Crippen molar-refractivity contribution in [1.82, 2.24) is 9.88 Å². The lowest BCUT2D eigenvalue weighted by Crippen LogP contribution is -2.30. The molecule has 36 heavy (non-hydrogen) atoms. The maximum atomic E-state index is 13.1. The molecule has 0 aliphatic carbocycles. The van der Waals surface area contributed by atoms with E-state index in [9.17, 15) is 4.79 Å². The van der Waals surface area contributed by atoms with Crippen molar-refractivity contribution >= 4 is 33.4 Å². The van der Waals surface area contributed by atoms with E-state index in [-0.39, 0.29) is 11.7 Å². The number of hydrogen-bond donors (Lipinski definition) is 4. The van der Waals surface area contributed by atoms with Crippen LogP contribution >= 0.6 is 0 Å². The molecule has 5 aromatic rings. The second-order valence-corrected chi connectivity index (χ2v) is 8.57. The molecule has 7 heteroatoms. The summed E-state index contributed by atoms with van der Waals surface area (Å²) in [5.41, 5.74) is 14.3. The Morgan fingerprint density at radius 3 is 2.44 bits per heavy atom. The van der Waals surface area contributed by atoms with Crippen LogP contribution in [0.1, 0.15) is 21.6 Å². The molecule has 0 atom stereocenters. The zero-order valence-corrected chi connectivity index (χ0v) is 19.7. The highest BCUT2D eigenvalue weighted by molar-refractivity contribution is 6.02. The van der Waals surface area contributed by atoms with Crippen LogP contribution in [-0.2, 0) is 6.54 Å². The largest absolute Gasteiger partial charge is 0.457 e. The lowest BCUT2D eigenvalue weighted by Gasteiger charge is -2.15. The minimum Gasteiger partial charge on any atom is -0.457 e. The molecule has 6 N–H and O–H groups in total. The highest BCUT2D eigenvalue weighted by Gasteiger charge is 2.18. The monoisotopic (exact) mass is 477 g/mol. The van der Waals surface area contributed by atoms with Gasteiger partial charge in [0.1, 0.15) is 23.0 Å². The summed E-state index contributed by atoms with van der Waals surface area (Å²) >= 11 is 0. The predicted molar refractivity (Wildman–Crippen MR) is 144 cm³/mol. The number of benzene rings is 4. The van der Waals surface area contributed by atoms with Crippen molar-refractivity contribution in [3.05, 3.63) is 108 Å². The first-order valence-electron chi connectivity index (χ1n) is 11.7. The molecule has 0 saturated heterocycles. The first-order valence-corrected chi connectivity index (χ1v) is 11.7. The van der Waals surface area contributed by atoms with Gasteiger partial charge in [-0.25, -0.2) is 0 Å².